The van der Waals surface area contributed by atoms with Crippen molar-refractivity contribution < 1.29 is 9.84 Å². The number of benzene rings is 1. The van der Waals surface area contributed by atoms with E-state index in [-0.39, 0.29) is 0 Å². The van der Waals surface area contributed by atoms with Gasteiger partial charge in [-0.1, -0.05) is 23.8 Å². The number of aliphatic hydroxyl groups is 1. The summed E-state index contributed by atoms with van der Waals surface area (Å²) in [6, 6.07) is 12.3. The van der Waals surface area contributed by atoms with Gasteiger partial charge in [0.15, 0.2) is 11.6 Å². The standard InChI is InChI=1S/C28H38N8O2/c1-21-5-4-6-22(17-21)24-7-8-36(32-24)27-19-26(34-13-15-38-16-14-34)30-25(31-27)18-23(29)20-33-9-11-35(12-10-33)28(2,3)37/h4-8,17-19,37H,9-16,20,29H2,1-3H3. The van der Waals surface area contributed by atoms with Crippen molar-refractivity contribution in [2.75, 3.05) is 63.9 Å². The molecule has 0 spiro atoms. The highest BCUT2D eigenvalue weighted by molar-refractivity contribution is 5.60. The Hall–Kier alpha value is -3.31. The molecule has 0 bridgehead atoms. The Bertz CT molecular complexity index is 1270. The van der Waals surface area contributed by atoms with E-state index in [2.05, 4.69) is 39.8 Å². The van der Waals surface area contributed by atoms with Gasteiger partial charge in [-0.3, -0.25) is 9.80 Å². The second-order valence-electron chi connectivity index (χ2n) is 10.5. The predicted octanol–water partition coefficient (Wildman–Crippen LogP) is 2.12. The van der Waals surface area contributed by atoms with E-state index < -0.39 is 5.72 Å². The molecule has 3 N–H and O–H groups in total. The third-order valence-electron chi connectivity index (χ3n) is 7.06. The first-order valence-corrected chi connectivity index (χ1v) is 13.3. The summed E-state index contributed by atoms with van der Waals surface area (Å²) < 4.78 is 7.35. The fraction of sp³-hybridized carbons (Fsp3) is 0.464. The van der Waals surface area contributed by atoms with E-state index in [1.54, 1.807) is 4.68 Å². The molecule has 10 heteroatoms. The molecular weight excluding hydrogens is 480 g/mol. The van der Waals surface area contributed by atoms with E-state index in [1.807, 2.05) is 44.3 Å². The summed E-state index contributed by atoms with van der Waals surface area (Å²) in [4.78, 5) is 16.2. The SMILES string of the molecule is Cc1cccc(-c2ccn(-c3cc(N4CCOCC4)nc(C=C(N)CN4CCN(C(C)(C)O)CC4)n3)n2)c1. The Morgan fingerprint density at radius 3 is 2.47 bits per heavy atom. The van der Waals surface area contributed by atoms with Crippen molar-refractivity contribution in [2.45, 2.75) is 26.5 Å². The Morgan fingerprint density at radius 1 is 1.03 bits per heavy atom. The van der Waals surface area contributed by atoms with Crippen LogP contribution in [0.15, 0.2) is 48.3 Å². The normalized spacial score (nSPS) is 18.2. The number of nitrogens with two attached hydrogens (primary N) is 1. The van der Waals surface area contributed by atoms with E-state index in [0.717, 1.165) is 56.3 Å². The van der Waals surface area contributed by atoms with E-state index in [1.165, 1.54) is 5.56 Å². The van der Waals surface area contributed by atoms with Crippen LogP contribution in [0.2, 0.25) is 0 Å². The molecule has 10 nitrogen and oxygen atoms in total. The van der Waals surface area contributed by atoms with Gasteiger partial charge in [-0.05, 0) is 32.9 Å². The van der Waals surface area contributed by atoms with E-state index >= 15 is 0 Å². The van der Waals surface area contributed by atoms with Crippen molar-refractivity contribution in [1.29, 1.82) is 0 Å². The molecule has 202 valence electrons. The number of piperazine rings is 1. The van der Waals surface area contributed by atoms with Gasteiger partial charge in [-0.25, -0.2) is 14.6 Å². The van der Waals surface area contributed by atoms with E-state index in [9.17, 15) is 5.11 Å². The summed E-state index contributed by atoms with van der Waals surface area (Å²) in [6.45, 7) is 12.5. The molecule has 5 rings (SSSR count). The van der Waals surface area contributed by atoms with Crippen molar-refractivity contribution in [3.05, 3.63) is 59.7 Å². The van der Waals surface area contributed by atoms with Gasteiger partial charge < -0.3 is 20.5 Å². The van der Waals surface area contributed by atoms with Crippen LogP contribution in [0.1, 0.15) is 25.2 Å². The zero-order valence-corrected chi connectivity index (χ0v) is 22.5. The number of hydrogen-bond acceptors (Lipinski definition) is 9. The van der Waals surface area contributed by atoms with Crippen LogP contribution in [0, 0.1) is 6.92 Å². The third kappa shape index (κ3) is 6.39. The average Bonchev–Trinajstić information content (AvgIpc) is 3.39. The second kappa shape index (κ2) is 11.2. The minimum atomic E-state index is -0.802. The fourth-order valence-corrected chi connectivity index (χ4v) is 4.91. The van der Waals surface area contributed by atoms with Gasteiger partial charge in [0, 0.05) is 75.4 Å². The van der Waals surface area contributed by atoms with Crippen LogP contribution in [0.4, 0.5) is 5.82 Å². The Kier molecular flexibility index (Phi) is 7.75. The highest BCUT2D eigenvalue weighted by Gasteiger charge is 2.27. The number of rotatable bonds is 7. The summed E-state index contributed by atoms with van der Waals surface area (Å²) >= 11 is 0. The third-order valence-corrected chi connectivity index (χ3v) is 7.06. The number of nitrogens with zero attached hydrogens (tertiary/aromatic N) is 7. The lowest BCUT2D eigenvalue weighted by Crippen LogP contribution is -2.54. The topological polar surface area (TPSA) is 109 Å². The van der Waals surface area contributed by atoms with Crippen LogP contribution in [0.25, 0.3) is 23.2 Å². The lowest BCUT2D eigenvalue weighted by molar-refractivity contribution is -0.0953. The summed E-state index contributed by atoms with van der Waals surface area (Å²) in [5.74, 6) is 2.09. The van der Waals surface area contributed by atoms with Crippen molar-refractivity contribution in [3.8, 4) is 17.1 Å². The van der Waals surface area contributed by atoms with Crippen LogP contribution in [-0.2, 0) is 4.74 Å². The molecule has 0 unspecified atom stereocenters. The molecule has 38 heavy (non-hydrogen) atoms. The minimum absolute atomic E-state index is 0.559. The van der Waals surface area contributed by atoms with E-state index in [4.69, 9.17) is 25.5 Å². The largest absolute Gasteiger partial charge is 0.401 e. The maximum Gasteiger partial charge on any atom is 0.159 e. The molecule has 2 aromatic heterocycles. The second-order valence-corrected chi connectivity index (χ2v) is 10.5. The molecule has 0 saturated carbocycles. The lowest BCUT2D eigenvalue weighted by Gasteiger charge is -2.41. The monoisotopic (exact) mass is 518 g/mol. The van der Waals surface area contributed by atoms with Gasteiger partial charge in [0.25, 0.3) is 0 Å². The number of aromatic nitrogens is 4. The van der Waals surface area contributed by atoms with Crippen molar-refractivity contribution >= 4 is 11.9 Å². The first-order chi connectivity index (χ1) is 18.2. The zero-order valence-electron chi connectivity index (χ0n) is 22.5. The number of ether oxygens (including phenoxy) is 1. The maximum absolute atomic E-state index is 10.3. The number of morpholine rings is 1. The van der Waals surface area contributed by atoms with Gasteiger partial charge in [0.2, 0.25) is 0 Å². The Labute approximate surface area is 224 Å². The van der Waals surface area contributed by atoms with Crippen molar-refractivity contribution in [3.63, 3.8) is 0 Å². The fourth-order valence-electron chi connectivity index (χ4n) is 4.91. The molecule has 2 aliphatic rings. The molecule has 1 aromatic carbocycles. The minimum Gasteiger partial charge on any atom is -0.401 e. The molecule has 3 aromatic rings. The molecule has 2 saturated heterocycles. The van der Waals surface area contributed by atoms with Gasteiger partial charge in [0.1, 0.15) is 11.5 Å². The number of anilines is 1. The number of hydrogen-bond donors (Lipinski definition) is 2. The van der Waals surface area contributed by atoms with Crippen LogP contribution < -0.4 is 10.6 Å². The van der Waals surface area contributed by atoms with Crippen molar-refractivity contribution in [1.82, 2.24) is 29.5 Å². The Morgan fingerprint density at radius 2 is 1.76 bits per heavy atom. The first-order valence-electron chi connectivity index (χ1n) is 13.3. The molecule has 4 heterocycles. The summed E-state index contributed by atoms with van der Waals surface area (Å²) in [6.07, 6.45) is 3.79. The molecular formula is C28H38N8O2. The summed E-state index contributed by atoms with van der Waals surface area (Å²) in [5, 5.41) is 15.1. The van der Waals surface area contributed by atoms with Crippen LogP contribution in [0.5, 0.6) is 0 Å². The molecule has 0 aliphatic carbocycles. The van der Waals surface area contributed by atoms with Gasteiger partial charge in [0.05, 0.1) is 18.9 Å². The Balaban J connectivity index is 1.38. The molecule has 2 aliphatic heterocycles. The van der Waals surface area contributed by atoms with Crippen LogP contribution in [-0.4, -0.2) is 99.4 Å². The molecule has 0 amide bonds. The van der Waals surface area contributed by atoms with E-state index in [0.29, 0.717) is 37.1 Å². The summed E-state index contributed by atoms with van der Waals surface area (Å²) in [5.41, 5.74) is 9.54. The van der Waals surface area contributed by atoms with Crippen molar-refractivity contribution in [2.24, 2.45) is 5.73 Å². The van der Waals surface area contributed by atoms with Crippen LogP contribution >= 0.6 is 0 Å². The number of aryl methyl sites for hydroxylation is 1. The predicted molar refractivity (Wildman–Crippen MR) is 149 cm³/mol. The van der Waals surface area contributed by atoms with Crippen LogP contribution in [0.3, 0.4) is 0 Å². The molecule has 0 radical (unpaired) electrons. The zero-order chi connectivity index (χ0) is 26.7. The van der Waals surface area contributed by atoms with Gasteiger partial charge in [-0.15, -0.1) is 0 Å². The molecule has 2 fully saturated rings. The highest BCUT2D eigenvalue weighted by Crippen LogP contribution is 2.22. The molecule has 0 atom stereocenters. The average molecular weight is 519 g/mol. The highest BCUT2D eigenvalue weighted by atomic mass is 16.5. The van der Waals surface area contributed by atoms with Gasteiger partial charge >= 0.3 is 0 Å². The van der Waals surface area contributed by atoms with Gasteiger partial charge in [-0.2, -0.15) is 5.10 Å². The smallest absolute Gasteiger partial charge is 0.159 e. The first kappa shape index (κ1) is 26.3. The summed E-state index contributed by atoms with van der Waals surface area (Å²) in [7, 11) is 0. The lowest BCUT2D eigenvalue weighted by atomic mass is 10.1. The maximum atomic E-state index is 10.3. The quantitative estimate of drug-likeness (QED) is 0.486.